The van der Waals surface area contributed by atoms with E-state index in [2.05, 4.69) is 87.6 Å². The molecule has 1 aliphatic heterocycles. The van der Waals surface area contributed by atoms with E-state index < -0.39 is 67.3 Å². The van der Waals surface area contributed by atoms with Crippen molar-refractivity contribution in [3.8, 4) is 0 Å². The Balaban J connectivity index is 2.78. The quantitative estimate of drug-likeness (QED) is 0.0228. The summed E-state index contributed by atoms with van der Waals surface area (Å²) in [6.45, 7) is 5.69. The highest BCUT2D eigenvalue weighted by Gasteiger charge is 2.50. The molecule has 0 radical (unpaired) electrons. The van der Waals surface area contributed by atoms with Crippen molar-refractivity contribution in [2.45, 2.75) is 250 Å². The number of carbonyl (C=O) groups is 4. The standard InChI is InChI=1S/C59H96O12/c1-4-7-10-13-16-19-22-25-26-29-30-33-36-39-42-45-51(60)67-48-50(69-52(61)46-43-40-37-34-31-27-23-20-17-14-11-8-5-2)49-68-59-57(55(64)54(63)56(71-59)58(65)66)70-53(62)47-44-41-38-35-32-28-24-21-18-15-12-9-6-3/h7,10-11,14,16,19-20,23,25-26,30,33,39,42,50,54-57,59,63-64H,4-6,8-9,12-13,15,17-18,21-22,24,27-29,31-32,34-38,40-41,43-49H2,1-3H3,(H,65,66)/b10-7-,14-11-,19-16-,23-20-,26-25-,33-30-,42-39-. The summed E-state index contributed by atoms with van der Waals surface area (Å²) in [6, 6.07) is 0. The summed E-state index contributed by atoms with van der Waals surface area (Å²) in [5.41, 5.74) is 0. The summed E-state index contributed by atoms with van der Waals surface area (Å²) in [5, 5.41) is 31.4. The Morgan fingerprint density at radius 2 is 0.958 bits per heavy atom. The molecular formula is C59H96O12. The van der Waals surface area contributed by atoms with E-state index in [4.69, 9.17) is 23.7 Å². The number of ether oxygens (including phenoxy) is 5. The number of rotatable bonds is 45. The average Bonchev–Trinajstić information content (AvgIpc) is 3.35. The summed E-state index contributed by atoms with van der Waals surface area (Å²) < 4.78 is 28.2. The number of esters is 3. The van der Waals surface area contributed by atoms with Crippen LogP contribution in [-0.4, -0.2) is 89.2 Å². The minimum atomic E-state index is -1.92. The number of allylic oxidation sites excluding steroid dienone is 13. The second-order valence-corrected chi connectivity index (χ2v) is 18.5. The number of hydrogen-bond acceptors (Lipinski definition) is 11. The molecule has 1 saturated heterocycles. The molecule has 1 rings (SSSR count). The third-order valence-corrected chi connectivity index (χ3v) is 12.0. The average molecular weight is 997 g/mol. The summed E-state index contributed by atoms with van der Waals surface area (Å²) in [5.74, 6) is -3.31. The topological polar surface area (TPSA) is 175 Å². The number of carboxylic acids is 1. The van der Waals surface area contributed by atoms with Crippen LogP contribution < -0.4 is 0 Å². The lowest BCUT2D eigenvalue weighted by atomic mass is 9.98. The predicted octanol–water partition coefficient (Wildman–Crippen LogP) is 13.6. The monoisotopic (exact) mass is 997 g/mol. The van der Waals surface area contributed by atoms with Gasteiger partial charge in [-0.05, 0) is 70.6 Å². The molecule has 6 atom stereocenters. The van der Waals surface area contributed by atoms with Gasteiger partial charge in [0.25, 0.3) is 0 Å². The molecule has 404 valence electrons. The van der Waals surface area contributed by atoms with Gasteiger partial charge in [-0.3, -0.25) is 14.4 Å². The molecule has 0 aromatic rings. The van der Waals surface area contributed by atoms with E-state index in [1.807, 2.05) is 12.2 Å². The van der Waals surface area contributed by atoms with E-state index in [0.717, 1.165) is 103 Å². The molecule has 1 fully saturated rings. The zero-order valence-electron chi connectivity index (χ0n) is 44.2. The molecule has 0 spiro atoms. The maximum atomic E-state index is 13.1. The van der Waals surface area contributed by atoms with E-state index in [0.29, 0.717) is 19.3 Å². The van der Waals surface area contributed by atoms with Gasteiger partial charge in [0.2, 0.25) is 0 Å². The van der Waals surface area contributed by atoms with Crippen molar-refractivity contribution in [1.82, 2.24) is 0 Å². The predicted molar refractivity (Wildman–Crippen MR) is 284 cm³/mol. The number of hydrogen-bond donors (Lipinski definition) is 3. The van der Waals surface area contributed by atoms with Crippen LogP contribution in [-0.2, 0) is 42.9 Å². The van der Waals surface area contributed by atoms with E-state index >= 15 is 0 Å². The second kappa shape index (κ2) is 46.9. The van der Waals surface area contributed by atoms with Gasteiger partial charge in [0.05, 0.1) is 13.0 Å². The Hall–Kier alpha value is -4.10. The van der Waals surface area contributed by atoms with Crippen molar-refractivity contribution in [2.24, 2.45) is 0 Å². The van der Waals surface area contributed by atoms with Crippen molar-refractivity contribution in [1.29, 1.82) is 0 Å². The molecule has 6 unspecified atom stereocenters. The zero-order valence-corrected chi connectivity index (χ0v) is 44.2. The lowest BCUT2D eigenvalue weighted by Gasteiger charge is -2.40. The third kappa shape index (κ3) is 37.3. The van der Waals surface area contributed by atoms with E-state index in [1.165, 1.54) is 51.4 Å². The van der Waals surface area contributed by atoms with E-state index in [-0.39, 0.29) is 25.9 Å². The van der Waals surface area contributed by atoms with Crippen molar-refractivity contribution < 1.29 is 58.2 Å². The van der Waals surface area contributed by atoms with Crippen LogP contribution >= 0.6 is 0 Å². The summed E-state index contributed by atoms with van der Waals surface area (Å²) in [4.78, 5) is 50.9. The molecular weight excluding hydrogens is 901 g/mol. The van der Waals surface area contributed by atoms with Crippen molar-refractivity contribution in [2.75, 3.05) is 13.2 Å². The molecule has 0 amide bonds. The lowest BCUT2D eigenvalue weighted by Crippen LogP contribution is -2.61. The minimum absolute atomic E-state index is 0.0196. The van der Waals surface area contributed by atoms with Crippen LogP contribution in [0.15, 0.2) is 85.1 Å². The molecule has 12 heteroatoms. The molecule has 1 heterocycles. The fourth-order valence-electron chi connectivity index (χ4n) is 7.77. The Morgan fingerprint density at radius 3 is 1.48 bits per heavy atom. The molecule has 1 aliphatic rings. The molecule has 0 aromatic heterocycles. The molecule has 0 aromatic carbocycles. The Kier molecular flexibility index (Phi) is 42.9. The highest BCUT2D eigenvalue weighted by Crippen LogP contribution is 2.26. The van der Waals surface area contributed by atoms with Crippen LogP contribution in [0.2, 0.25) is 0 Å². The minimum Gasteiger partial charge on any atom is -0.479 e. The lowest BCUT2D eigenvalue weighted by molar-refractivity contribution is -0.301. The molecule has 3 N–H and O–H groups in total. The van der Waals surface area contributed by atoms with Crippen molar-refractivity contribution >= 4 is 23.9 Å². The summed E-state index contributed by atoms with van der Waals surface area (Å²) in [6.07, 6.45) is 47.3. The van der Waals surface area contributed by atoms with Gasteiger partial charge in [0.1, 0.15) is 18.8 Å². The molecule has 0 bridgehead atoms. The highest BCUT2D eigenvalue weighted by molar-refractivity contribution is 5.74. The number of aliphatic hydroxyl groups excluding tert-OH is 2. The molecule has 0 aliphatic carbocycles. The van der Waals surface area contributed by atoms with Gasteiger partial charge in [0.15, 0.2) is 24.6 Å². The Labute approximate surface area is 429 Å². The fourth-order valence-corrected chi connectivity index (χ4v) is 7.77. The first-order chi connectivity index (χ1) is 34.6. The van der Waals surface area contributed by atoms with Crippen molar-refractivity contribution in [3.05, 3.63) is 85.1 Å². The largest absolute Gasteiger partial charge is 0.479 e. The Bertz CT molecular complexity index is 1560. The van der Waals surface area contributed by atoms with Gasteiger partial charge in [-0.25, -0.2) is 4.79 Å². The van der Waals surface area contributed by atoms with Crippen molar-refractivity contribution in [3.63, 3.8) is 0 Å². The molecule has 12 nitrogen and oxygen atoms in total. The van der Waals surface area contributed by atoms with Gasteiger partial charge in [0, 0.05) is 12.8 Å². The number of aliphatic carboxylic acids is 1. The molecule has 0 saturated carbocycles. The summed E-state index contributed by atoms with van der Waals surface area (Å²) in [7, 11) is 0. The maximum Gasteiger partial charge on any atom is 0.335 e. The van der Waals surface area contributed by atoms with E-state index in [1.54, 1.807) is 6.08 Å². The van der Waals surface area contributed by atoms with Crippen LogP contribution in [0.25, 0.3) is 0 Å². The normalized spacial score (nSPS) is 19.1. The Morgan fingerprint density at radius 1 is 0.493 bits per heavy atom. The van der Waals surface area contributed by atoms with Crippen LogP contribution in [0.3, 0.4) is 0 Å². The smallest absolute Gasteiger partial charge is 0.335 e. The van der Waals surface area contributed by atoms with Gasteiger partial charge in [-0.15, -0.1) is 0 Å². The second-order valence-electron chi connectivity index (χ2n) is 18.5. The van der Waals surface area contributed by atoms with Crippen LogP contribution in [0, 0.1) is 0 Å². The zero-order chi connectivity index (χ0) is 51.8. The molecule has 71 heavy (non-hydrogen) atoms. The van der Waals surface area contributed by atoms with Gasteiger partial charge in [-0.2, -0.15) is 0 Å². The fraction of sp³-hybridized carbons (Fsp3) is 0.695. The first-order valence-electron chi connectivity index (χ1n) is 27.6. The first kappa shape index (κ1) is 64.9. The van der Waals surface area contributed by atoms with Gasteiger partial charge < -0.3 is 39.0 Å². The van der Waals surface area contributed by atoms with E-state index in [9.17, 15) is 34.5 Å². The summed E-state index contributed by atoms with van der Waals surface area (Å²) >= 11 is 0. The SMILES string of the molecule is CC/C=C\C/C=C\C/C=C\C/C=C\C/C=C\CC(=O)OCC(COC1OC(C(=O)O)C(O)C(O)C1OC(=O)CCCCCCCCCCCCCCC)OC(=O)CCCCCCC/C=C\C/C=C\CCC. The van der Waals surface area contributed by atoms with Crippen LogP contribution in [0.4, 0.5) is 0 Å². The first-order valence-corrected chi connectivity index (χ1v) is 27.6. The van der Waals surface area contributed by atoms with Crippen LogP contribution in [0.1, 0.15) is 213 Å². The number of carbonyl (C=O) groups excluding carboxylic acids is 3. The number of aliphatic hydroxyl groups is 2. The highest BCUT2D eigenvalue weighted by atomic mass is 16.7. The number of unbranched alkanes of at least 4 members (excludes halogenated alkanes) is 18. The number of carboxylic acid groups (broad SMARTS) is 1. The van der Waals surface area contributed by atoms with Crippen LogP contribution in [0.5, 0.6) is 0 Å². The van der Waals surface area contributed by atoms with Gasteiger partial charge in [-0.1, -0.05) is 209 Å². The maximum absolute atomic E-state index is 13.1. The third-order valence-electron chi connectivity index (χ3n) is 12.0. The van der Waals surface area contributed by atoms with Gasteiger partial charge >= 0.3 is 23.9 Å².